The van der Waals surface area contributed by atoms with E-state index in [1.807, 2.05) is 18.7 Å². The van der Waals surface area contributed by atoms with E-state index in [1.165, 1.54) is 0 Å². The highest BCUT2D eigenvalue weighted by Gasteiger charge is 2.36. The highest BCUT2D eigenvalue weighted by molar-refractivity contribution is 7.85. The number of hydrogen-bond acceptors (Lipinski definition) is 8. The van der Waals surface area contributed by atoms with E-state index < -0.39 is 22.1 Å². The predicted molar refractivity (Wildman–Crippen MR) is 123 cm³/mol. The van der Waals surface area contributed by atoms with Crippen LogP contribution in [0.1, 0.15) is 32.5 Å². The Kier molecular flexibility index (Phi) is 10.4. The summed E-state index contributed by atoms with van der Waals surface area (Å²) in [6.07, 6.45) is -3.43. The maximum atomic E-state index is 13.4. The van der Waals surface area contributed by atoms with Crippen LogP contribution in [0.25, 0.3) is 0 Å². The van der Waals surface area contributed by atoms with Gasteiger partial charge in [-0.05, 0) is 33.7 Å². The Morgan fingerprint density at radius 2 is 1.85 bits per heavy atom. The van der Waals surface area contributed by atoms with Crippen LogP contribution in [0, 0.1) is 11.8 Å². The third-order valence-corrected chi connectivity index (χ3v) is 6.10. The van der Waals surface area contributed by atoms with Gasteiger partial charge < -0.3 is 14.5 Å². The van der Waals surface area contributed by atoms with Crippen molar-refractivity contribution in [1.82, 2.24) is 14.9 Å². The molecule has 2 heterocycles. The molecule has 0 aromatic carbocycles. The van der Waals surface area contributed by atoms with Crippen molar-refractivity contribution in [3.05, 3.63) is 11.9 Å². The van der Waals surface area contributed by atoms with Crippen LogP contribution in [0.2, 0.25) is 0 Å². The van der Waals surface area contributed by atoms with Gasteiger partial charge in [-0.25, -0.2) is 9.97 Å². The van der Waals surface area contributed by atoms with E-state index in [-0.39, 0.29) is 36.6 Å². The predicted octanol–water partition coefficient (Wildman–Crippen LogP) is 2.15. The molecule has 9 nitrogen and oxygen atoms in total. The van der Waals surface area contributed by atoms with Crippen LogP contribution >= 0.6 is 0 Å². The summed E-state index contributed by atoms with van der Waals surface area (Å²) in [6, 6.07) is 1.60. The summed E-state index contributed by atoms with van der Waals surface area (Å²) >= 11 is 0. The molecular formula is C21H32F3N5O4S. The average Bonchev–Trinajstić information content (AvgIpc) is 2.77. The van der Waals surface area contributed by atoms with Crippen molar-refractivity contribution in [3.8, 4) is 11.8 Å². The summed E-state index contributed by atoms with van der Waals surface area (Å²) in [5.74, 6) is 4.78. The Bertz CT molecular complexity index is 953. The van der Waals surface area contributed by atoms with Gasteiger partial charge >= 0.3 is 6.18 Å². The lowest BCUT2D eigenvalue weighted by Crippen LogP contribution is -2.38. The quantitative estimate of drug-likeness (QED) is 0.377. The third kappa shape index (κ3) is 9.25. The standard InChI is InChI=1S/C21H32F3N5O4S/c1-4-28(5-2)18-16-19(26-20(25-18)21(22,23)24)29-11-8-17(9-12-29)33-14-7-6-10-27(3)13-15-34(30,31)32/h16-17H,4-5,8-15H2,1-3H3,(H,30,31,32). The SMILES string of the molecule is CCN(CC)c1cc(N2CCC(OCC#CCN(C)CCS(=O)(=O)O)CC2)nc(C(F)(F)F)n1. The fourth-order valence-corrected chi connectivity index (χ4v) is 3.97. The monoisotopic (exact) mass is 507 g/mol. The number of rotatable bonds is 10. The first-order valence-electron chi connectivity index (χ1n) is 11.1. The van der Waals surface area contributed by atoms with Gasteiger partial charge in [0.05, 0.1) is 18.4 Å². The van der Waals surface area contributed by atoms with Crippen molar-refractivity contribution in [2.45, 2.75) is 39.0 Å². The zero-order valence-electron chi connectivity index (χ0n) is 19.7. The lowest BCUT2D eigenvalue weighted by atomic mass is 10.1. The summed E-state index contributed by atoms with van der Waals surface area (Å²) in [5.41, 5.74) is 0. The minimum absolute atomic E-state index is 0.0611. The Morgan fingerprint density at radius 3 is 2.41 bits per heavy atom. The number of hydrogen-bond donors (Lipinski definition) is 1. The second kappa shape index (κ2) is 12.5. The van der Waals surface area contributed by atoms with Crippen LogP contribution in [0.5, 0.6) is 0 Å². The van der Waals surface area contributed by atoms with Gasteiger partial charge in [-0.3, -0.25) is 9.45 Å². The smallest absolute Gasteiger partial charge is 0.365 e. The van der Waals surface area contributed by atoms with E-state index in [2.05, 4.69) is 21.8 Å². The lowest BCUT2D eigenvalue weighted by molar-refractivity contribution is -0.144. The van der Waals surface area contributed by atoms with Crippen LogP contribution in [0.3, 0.4) is 0 Å². The second-order valence-corrected chi connectivity index (χ2v) is 9.52. The molecule has 0 spiro atoms. The number of nitrogens with zero attached hydrogens (tertiary/aromatic N) is 5. The van der Waals surface area contributed by atoms with Gasteiger partial charge in [0.15, 0.2) is 0 Å². The number of alkyl halides is 3. The number of anilines is 2. The lowest BCUT2D eigenvalue weighted by Gasteiger charge is -2.33. The van der Waals surface area contributed by atoms with Crippen LogP contribution in [0.4, 0.5) is 24.8 Å². The Hall–Kier alpha value is -2.14. The van der Waals surface area contributed by atoms with Crippen LogP contribution in [0.15, 0.2) is 6.07 Å². The molecule has 0 radical (unpaired) electrons. The average molecular weight is 508 g/mol. The van der Waals surface area contributed by atoms with Crippen LogP contribution < -0.4 is 9.80 Å². The fourth-order valence-electron chi connectivity index (χ4n) is 3.42. The van der Waals surface area contributed by atoms with Gasteiger partial charge in [0, 0.05) is 38.8 Å². The van der Waals surface area contributed by atoms with Crippen molar-refractivity contribution in [2.75, 3.05) is 68.5 Å². The molecule has 0 amide bonds. The van der Waals surface area contributed by atoms with Crippen LogP contribution in [-0.2, 0) is 21.0 Å². The molecule has 0 bridgehead atoms. The van der Waals surface area contributed by atoms with Crippen molar-refractivity contribution in [2.24, 2.45) is 0 Å². The molecule has 1 saturated heterocycles. The van der Waals surface area contributed by atoms with E-state index in [0.717, 1.165) is 0 Å². The normalized spacial score (nSPS) is 15.4. The van der Waals surface area contributed by atoms with Gasteiger partial charge in [0.1, 0.15) is 18.2 Å². The summed E-state index contributed by atoms with van der Waals surface area (Å²) in [4.78, 5) is 12.8. The van der Waals surface area contributed by atoms with Crippen LogP contribution in [-0.4, -0.2) is 92.6 Å². The summed E-state index contributed by atoms with van der Waals surface area (Å²) < 4.78 is 76.1. The Balaban J connectivity index is 1.89. The molecule has 0 saturated carbocycles. The molecule has 0 atom stereocenters. The third-order valence-electron chi connectivity index (χ3n) is 5.40. The van der Waals surface area contributed by atoms with Gasteiger partial charge in [0.25, 0.3) is 10.1 Å². The van der Waals surface area contributed by atoms with Crippen molar-refractivity contribution in [1.29, 1.82) is 0 Å². The highest BCUT2D eigenvalue weighted by Crippen LogP contribution is 2.31. The topological polar surface area (TPSA) is 99.1 Å². The molecule has 1 aromatic rings. The van der Waals surface area contributed by atoms with Gasteiger partial charge in [-0.2, -0.15) is 21.6 Å². The van der Waals surface area contributed by atoms with Gasteiger partial charge in [-0.1, -0.05) is 11.8 Å². The second-order valence-electron chi connectivity index (χ2n) is 7.95. The zero-order chi connectivity index (χ0) is 25.4. The summed E-state index contributed by atoms with van der Waals surface area (Å²) in [5, 5.41) is 0. The first kappa shape index (κ1) is 28.1. The number of piperidine rings is 1. The molecule has 0 aliphatic carbocycles. The largest absolute Gasteiger partial charge is 0.451 e. The van der Waals surface area contributed by atoms with Crippen molar-refractivity contribution in [3.63, 3.8) is 0 Å². The molecule has 1 aromatic heterocycles. The minimum atomic E-state index is -4.63. The number of halogens is 3. The molecular weight excluding hydrogens is 475 g/mol. The minimum Gasteiger partial charge on any atom is -0.365 e. The summed E-state index contributed by atoms with van der Waals surface area (Å²) in [6.45, 7) is 6.52. The van der Waals surface area contributed by atoms with E-state index in [4.69, 9.17) is 9.29 Å². The van der Waals surface area contributed by atoms with Crippen molar-refractivity contribution < 1.29 is 30.9 Å². The highest BCUT2D eigenvalue weighted by atomic mass is 32.2. The number of aromatic nitrogens is 2. The molecule has 13 heteroatoms. The zero-order valence-corrected chi connectivity index (χ0v) is 20.5. The van der Waals surface area contributed by atoms with E-state index in [0.29, 0.717) is 45.6 Å². The van der Waals surface area contributed by atoms with E-state index in [1.54, 1.807) is 22.9 Å². The summed E-state index contributed by atoms with van der Waals surface area (Å²) in [7, 11) is -2.30. The molecule has 0 unspecified atom stereocenters. The fraction of sp³-hybridized carbons (Fsp3) is 0.714. The first-order chi connectivity index (χ1) is 15.9. The van der Waals surface area contributed by atoms with Crippen molar-refractivity contribution >= 4 is 21.8 Å². The maximum absolute atomic E-state index is 13.4. The molecule has 2 rings (SSSR count). The van der Waals surface area contributed by atoms with E-state index in [9.17, 15) is 21.6 Å². The molecule has 192 valence electrons. The van der Waals surface area contributed by atoms with Gasteiger partial charge in [-0.15, -0.1) is 0 Å². The molecule has 1 aliphatic rings. The molecule has 1 N–H and O–H groups in total. The van der Waals surface area contributed by atoms with E-state index >= 15 is 0 Å². The molecule has 34 heavy (non-hydrogen) atoms. The first-order valence-corrected chi connectivity index (χ1v) is 12.7. The Morgan fingerprint density at radius 1 is 1.21 bits per heavy atom. The van der Waals surface area contributed by atoms with Gasteiger partial charge in [0.2, 0.25) is 5.82 Å². The molecule has 1 fully saturated rings. The maximum Gasteiger partial charge on any atom is 0.451 e. The number of ether oxygens (including phenoxy) is 1. The molecule has 1 aliphatic heterocycles. The Labute approximate surface area is 199 Å².